The second-order valence-electron chi connectivity index (χ2n) is 7.09. The number of rotatable bonds is 9. The molecule has 0 aliphatic heterocycles. The summed E-state index contributed by atoms with van der Waals surface area (Å²) >= 11 is 0. The number of carbonyl (C=O) groups excluding carboxylic acids is 1. The molecule has 0 saturated carbocycles. The summed E-state index contributed by atoms with van der Waals surface area (Å²) in [6, 6.07) is 9.73. The molecule has 0 aliphatic rings. The van der Waals surface area contributed by atoms with Crippen molar-refractivity contribution < 1.29 is 9.53 Å². The summed E-state index contributed by atoms with van der Waals surface area (Å²) in [7, 11) is 0. The van der Waals surface area contributed by atoms with Crippen LogP contribution in [0.3, 0.4) is 0 Å². The molecule has 7 nitrogen and oxygen atoms in total. The fourth-order valence-electron chi connectivity index (χ4n) is 3.65. The van der Waals surface area contributed by atoms with Gasteiger partial charge in [-0.15, -0.1) is 0 Å². The molecule has 0 saturated heterocycles. The third-order valence-corrected chi connectivity index (χ3v) is 5.36. The van der Waals surface area contributed by atoms with Crippen LogP contribution in [0.25, 0.3) is 16.9 Å². The Hall–Kier alpha value is -2.93. The van der Waals surface area contributed by atoms with Crippen LogP contribution in [0.2, 0.25) is 0 Å². The minimum absolute atomic E-state index is 0.0842. The Labute approximate surface area is 177 Å². The number of fused-ring (bicyclic) bond motifs is 1. The van der Waals surface area contributed by atoms with Gasteiger partial charge in [0.1, 0.15) is 12.5 Å². The summed E-state index contributed by atoms with van der Waals surface area (Å²) in [6.45, 7) is 9.68. The number of aromatic nitrogens is 3. The summed E-state index contributed by atoms with van der Waals surface area (Å²) < 4.78 is 7.25. The number of aryl methyl sites for hydroxylation is 2. The van der Waals surface area contributed by atoms with E-state index in [4.69, 9.17) is 20.6 Å². The van der Waals surface area contributed by atoms with E-state index in [1.807, 2.05) is 47.5 Å². The largest absolute Gasteiger partial charge is 0.479 e. The topological polar surface area (TPSA) is 85.8 Å². The lowest BCUT2D eigenvalue weighted by atomic mass is 10.0. The van der Waals surface area contributed by atoms with Crippen molar-refractivity contribution in [3.8, 4) is 17.0 Å². The van der Waals surface area contributed by atoms with Gasteiger partial charge in [-0.2, -0.15) is 5.10 Å². The summed E-state index contributed by atoms with van der Waals surface area (Å²) in [5.41, 5.74) is 10.9. The molecule has 1 aromatic carbocycles. The number of ether oxygens (including phenoxy) is 1. The normalized spacial score (nSPS) is 11.1. The van der Waals surface area contributed by atoms with Crippen molar-refractivity contribution in [2.75, 3.05) is 19.8 Å². The van der Waals surface area contributed by atoms with Crippen molar-refractivity contribution in [3.63, 3.8) is 0 Å². The van der Waals surface area contributed by atoms with Gasteiger partial charge in [-0.05, 0) is 57.0 Å². The Morgan fingerprint density at radius 1 is 1.10 bits per heavy atom. The van der Waals surface area contributed by atoms with E-state index in [9.17, 15) is 4.79 Å². The summed E-state index contributed by atoms with van der Waals surface area (Å²) in [6.07, 6.45) is 1.93. The van der Waals surface area contributed by atoms with Gasteiger partial charge in [-0.3, -0.25) is 10.5 Å². The van der Waals surface area contributed by atoms with E-state index in [2.05, 4.69) is 19.9 Å². The molecule has 3 rings (SSSR count). The molecule has 0 radical (unpaired) electrons. The van der Waals surface area contributed by atoms with Crippen molar-refractivity contribution in [2.45, 2.75) is 47.0 Å². The molecule has 0 spiro atoms. The highest BCUT2D eigenvalue weighted by Gasteiger charge is 2.22. The van der Waals surface area contributed by atoms with E-state index in [0.717, 1.165) is 46.7 Å². The second-order valence-corrected chi connectivity index (χ2v) is 7.09. The number of amides is 1. The van der Waals surface area contributed by atoms with Crippen LogP contribution in [0.15, 0.2) is 30.3 Å². The van der Waals surface area contributed by atoms with Crippen LogP contribution in [0.4, 0.5) is 0 Å². The number of nitrogens with zero attached hydrogens (tertiary/aromatic N) is 4. The number of hydrogen-bond donors (Lipinski definition) is 1. The van der Waals surface area contributed by atoms with Crippen molar-refractivity contribution in [1.82, 2.24) is 19.5 Å². The van der Waals surface area contributed by atoms with Gasteiger partial charge in [0.2, 0.25) is 5.91 Å². The number of hydrogen-bond acceptors (Lipinski definition) is 5. The average Bonchev–Trinajstić information content (AvgIpc) is 3.13. The van der Waals surface area contributed by atoms with Gasteiger partial charge in [-0.1, -0.05) is 13.8 Å². The Kier molecular flexibility index (Phi) is 7.05. The van der Waals surface area contributed by atoms with Crippen molar-refractivity contribution in [3.05, 3.63) is 47.3 Å². The van der Waals surface area contributed by atoms with Gasteiger partial charge in [0.25, 0.3) is 0 Å². The van der Waals surface area contributed by atoms with Crippen LogP contribution in [-0.2, 0) is 24.1 Å². The van der Waals surface area contributed by atoms with Gasteiger partial charge in [0.05, 0.1) is 12.1 Å². The monoisotopic (exact) mass is 409 g/mol. The van der Waals surface area contributed by atoms with Crippen LogP contribution in [0.5, 0.6) is 5.75 Å². The first kappa shape index (κ1) is 21.8. The van der Waals surface area contributed by atoms with Gasteiger partial charge in [-0.25, -0.2) is 9.50 Å². The number of likely N-dealkylation sites (N-methyl/N-ethyl adjacent to an activating group) is 1. The zero-order valence-corrected chi connectivity index (χ0v) is 18.3. The maximum atomic E-state index is 13.0. The minimum Gasteiger partial charge on any atom is -0.479 e. The highest BCUT2D eigenvalue weighted by atomic mass is 16.5. The molecule has 0 atom stereocenters. The van der Waals surface area contributed by atoms with Crippen LogP contribution in [0.1, 0.15) is 44.6 Å². The summed E-state index contributed by atoms with van der Waals surface area (Å²) in [4.78, 5) is 19.7. The molecule has 3 aromatic rings. The minimum atomic E-state index is 0.0842. The van der Waals surface area contributed by atoms with E-state index < -0.39 is 0 Å². The smallest absolute Gasteiger partial charge is 0.227 e. The molecule has 0 aliphatic carbocycles. The van der Waals surface area contributed by atoms with E-state index in [1.54, 1.807) is 0 Å². The molecule has 30 heavy (non-hydrogen) atoms. The predicted molar refractivity (Wildman–Crippen MR) is 118 cm³/mol. The van der Waals surface area contributed by atoms with Gasteiger partial charge in [0, 0.05) is 35.6 Å². The Bertz CT molecular complexity index is 1010. The molecule has 0 unspecified atom stereocenters. The fraction of sp³-hybridized carbons (Fsp3) is 0.435. The van der Waals surface area contributed by atoms with E-state index >= 15 is 0 Å². The van der Waals surface area contributed by atoms with Crippen molar-refractivity contribution in [2.24, 2.45) is 5.73 Å². The molecule has 7 heteroatoms. The maximum absolute atomic E-state index is 13.0. The average molecular weight is 410 g/mol. The molecule has 160 valence electrons. The first-order chi connectivity index (χ1) is 14.6. The van der Waals surface area contributed by atoms with Gasteiger partial charge in [0.15, 0.2) is 5.65 Å². The fourth-order valence-corrected chi connectivity index (χ4v) is 3.65. The van der Waals surface area contributed by atoms with Crippen molar-refractivity contribution in [1.29, 1.82) is 0 Å². The van der Waals surface area contributed by atoms with E-state index in [1.165, 1.54) is 0 Å². The zero-order valence-electron chi connectivity index (χ0n) is 18.3. The molecule has 2 aromatic heterocycles. The summed E-state index contributed by atoms with van der Waals surface area (Å²) in [5.74, 6) is 0.785. The molecule has 0 fully saturated rings. The molecular weight excluding hydrogens is 378 g/mol. The summed E-state index contributed by atoms with van der Waals surface area (Å²) in [5, 5.41) is 4.89. The third kappa shape index (κ3) is 4.31. The highest BCUT2D eigenvalue weighted by molar-refractivity contribution is 5.84. The maximum Gasteiger partial charge on any atom is 0.227 e. The van der Waals surface area contributed by atoms with Gasteiger partial charge >= 0.3 is 0 Å². The lowest BCUT2D eigenvalue weighted by Crippen LogP contribution is -2.31. The van der Waals surface area contributed by atoms with Crippen LogP contribution in [0, 0.1) is 0 Å². The lowest BCUT2D eigenvalue weighted by Gasteiger charge is -2.18. The second kappa shape index (κ2) is 9.71. The SMILES string of the molecule is CCc1cc(CC)n2nc(-c3ccc(OCN)cc3)c(CC(=O)N(CC)CC)c2n1. The first-order valence-electron chi connectivity index (χ1n) is 10.7. The number of benzene rings is 1. The molecular formula is C23H31N5O2. The van der Waals surface area contributed by atoms with Crippen molar-refractivity contribution >= 4 is 11.6 Å². The predicted octanol–water partition coefficient (Wildman–Crippen LogP) is 3.23. The molecule has 0 bridgehead atoms. The quantitative estimate of drug-likeness (QED) is 0.549. The van der Waals surface area contributed by atoms with Crippen LogP contribution >= 0.6 is 0 Å². The van der Waals surface area contributed by atoms with Gasteiger partial charge < -0.3 is 9.64 Å². The number of carbonyl (C=O) groups is 1. The Morgan fingerprint density at radius 2 is 1.80 bits per heavy atom. The number of nitrogens with two attached hydrogens (primary N) is 1. The van der Waals surface area contributed by atoms with E-state index in [0.29, 0.717) is 18.8 Å². The van der Waals surface area contributed by atoms with Crippen LogP contribution in [-0.4, -0.2) is 45.2 Å². The molecule has 2 heterocycles. The molecule has 2 N–H and O–H groups in total. The standard InChI is InChI=1S/C23H31N5O2/c1-5-17-13-18(6-2)28-23(25-17)20(14-21(29)27(7-3)8-4)22(26-28)16-9-11-19(12-10-16)30-15-24/h9-13H,5-8,14-15,24H2,1-4H3. The van der Waals surface area contributed by atoms with Crippen LogP contribution < -0.4 is 10.5 Å². The highest BCUT2D eigenvalue weighted by Crippen LogP contribution is 2.29. The Balaban J connectivity index is 2.17. The van der Waals surface area contributed by atoms with E-state index in [-0.39, 0.29) is 19.1 Å². The molecule has 1 amide bonds. The first-order valence-corrected chi connectivity index (χ1v) is 10.7. The Morgan fingerprint density at radius 3 is 2.37 bits per heavy atom. The third-order valence-electron chi connectivity index (χ3n) is 5.36. The zero-order chi connectivity index (χ0) is 21.7. The lowest BCUT2D eigenvalue weighted by molar-refractivity contribution is -0.130.